The molecule has 0 aromatic heterocycles. The molecule has 2 aliphatic rings. The Morgan fingerprint density at radius 3 is 2.60 bits per heavy atom. The van der Waals surface area contributed by atoms with Gasteiger partial charge in [-0.2, -0.15) is 0 Å². The SMILES string of the molecule is CC1(C)CN(C(=O)C(c2ccccc2F)N2CCOCC2)CCC1N. The van der Waals surface area contributed by atoms with Gasteiger partial charge in [0.2, 0.25) is 5.91 Å². The van der Waals surface area contributed by atoms with Crippen molar-refractivity contribution >= 4 is 5.91 Å². The van der Waals surface area contributed by atoms with Crippen LogP contribution >= 0.6 is 0 Å². The molecule has 0 radical (unpaired) electrons. The Bertz CT molecular complexity index is 616. The van der Waals surface area contributed by atoms with E-state index in [1.807, 2.05) is 9.80 Å². The van der Waals surface area contributed by atoms with Crippen molar-refractivity contribution in [3.05, 3.63) is 35.6 Å². The molecule has 2 heterocycles. The predicted molar refractivity (Wildman–Crippen MR) is 94.5 cm³/mol. The van der Waals surface area contributed by atoms with Crippen LogP contribution in [0.2, 0.25) is 0 Å². The summed E-state index contributed by atoms with van der Waals surface area (Å²) in [6, 6.07) is 6.06. The minimum Gasteiger partial charge on any atom is -0.379 e. The summed E-state index contributed by atoms with van der Waals surface area (Å²) >= 11 is 0. The number of amides is 1. The molecule has 2 atom stereocenters. The Morgan fingerprint density at radius 2 is 1.96 bits per heavy atom. The van der Waals surface area contributed by atoms with Crippen LogP contribution in [-0.2, 0) is 9.53 Å². The van der Waals surface area contributed by atoms with E-state index in [0.29, 0.717) is 45.0 Å². The van der Waals surface area contributed by atoms with E-state index in [1.165, 1.54) is 6.07 Å². The smallest absolute Gasteiger partial charge is 0.244 e. The van der Waals surface area contributed by atoms with Gasteiger partial charge in [-0.25, -0.2) is 4.39 Å². The first-order chi connectivity index (χ1) is 11.9. The summed E-state index contributed by atoms with van der Waals surface area (Å²) in [5, 5.41) is 0. The summed E-state index contributed by atoms with van der Waals surface area (Å²) in [7, 11) is 0. The maximum absolute atomic E-state index is 14.5. The van der Waals surface area contributed by atoms with Crippen molar-refractivity contribution in [3.63, 3.8) is 0 Å². The van der Waals surface area contributed by atoms with Crippen LogP contribution in [-0.4, -0.2) is 61.1 Å². The van der Waals surface area contributed by atoms with E-state index in [4.69, 9.17) is 10.5 Å². The molecule has 25 heavy (non-hydrogen) atoms. The minimum absolute atomic E-state index is 0.0352. The number of rotatable bonds is 3. The van der Waals surface area contributed by atoms with E-state index in [1.54, 1.807) is 18.2 Å². The van der Waals surface area contributed by atoms with Gasteiger partial charge in [0.15, 0.2) is 0 Å². The lowest BCUT2D eigenvalue weighted by Crippen LogP contribution is -2.56. The van der Waals surface area contributed by atoms with Crippen LogP contribution < -0.4 is 5.73 Å². The van der Waals surface area contributed by atoms with Gasteiger partial charge >= 0.3 is 0 Å². The van der Waals surface area contributed by atoms with Crippen LogP contribution in [0.25, 0.3) is 0 Å². The lowest BCUT2D eigenvalue weighted by molar-refractivity contribution is -0.142. The minimum atomic E-state index is -0.602. The third-order valence-electron chi connectivity index (χ3n) is 5.47. The molecule has 2 aliphatic heterocycles. The molecule has 1 aromatic carbocycles. The highest BCUT2D eigenvalue weighted by Crippen LogP contribution is 2.32. The van der Waals surface area contributed by atoms with Crippen molar-refractivity contribution < 1.29 is 13.9 Å². The molecule has 138 valence electrons. The Balaban J connectivity index is 1.88. The van der Waals surface area contributed by atoms with Crippen molar-refractivity contribution in [2.24, 2.45) is 11.1 Å². The highest BCUT2D eigenvalue weighted by Gasteiger charge is 2.40. The monoisotopic (exact) mass is 349 g/mol. The van der Waals surface area contributed by atoms with Crippen LogP contribution in [0.1, 0.15) is 31.9 Å². The molecular formula is C19H28FN3O2. The number of hydrogen-bond acceptors (Lipinski definition) is 4. The fourth-order valence-corrected chi connectivity index (χ4v) is 3.75. The first-order valence-electron chi connectivity index (χ1n) is 9.01. The van der Waals surface area contributed by atoms with Gasteiger partial charge in [-0.1, -0.05) is 32.0 Å². The molecule has 1 amide bonds. The number of ether oxygens (including phenoxy) is 1. The summed E-state index contributed by atoms with van der Waals surface area (Å²) in [6.07, 6.45) is 0.770. The van der Waals surface area contributed by atoms with E-state index < -0.39 is 6.04 Å². The van der Waals surface area contributed by atoms with Gasteiger partial charge < -0.3 is 15.4 Å². The van der Waals surface area contributed by atoms with E-state index in [9.17, 15) is 9.18 Å². The largest absolute Gasteiger partial charge is 0.379 e. The molecule has 1 aromatic rings. The molecule has 5 nitrogen and oxygen atoms in total. The normalized spacial score (nSPS) is 25.6. The van der Waals surface area contributed by atoms with Crippen molar-refractivity contribution in [1.82, 2.24) is 9.80 Å². The number of carbonyl (C=O) groups is 1. The number of likely N-dealkylation sites (tertiary alicyclic amines) is 1. The van der Waals surface area contributed by atoms with E-state index in [2.05, 4.69) is 13.8 Å². The summed E-state index contributed by atoms with van der Waals surface area (Å²) in [4.78, 5) is 17.3. The fourth-order valence-electron chi connectivity index (χ4n) is 3.75. The topological polar surface area (TPSA) is 58.8 Å². The number of benzene rings is 1. The molecule has 0 spiro atoms. The summed E-state index contributed by atoms with van der Waals surface area (Å²) in [5.41, 5.74) is 6.51. The van der Waals surface area contributed by atoms with Crippen LogP contribution in [0.15, 0.2) is 24.3 Å². The maximum atomic E-state index is 14.5. The Labute approximate surface area is 148 Å². The zero-order valence-electron chi connectivity index (χ0n) is 15.1. The first kappa shape index (κ1) is 18.3. The van der Waals surface area contributed by atoms with Gasteiger partial charge in [0.1, 0.15) is 11.9 Å². The van der Waals surface area contributed by atoms with Crippen LogP contribution in [0.3, 0.4) is 0 Å². The molecule has 2 unspecified atom stereocenters. The summed E-state index contributed by atoms with van der Waals surface area (Å²) in [6.45, 7) is 7.78. The lowest BCUT2D eigenvalue weighted by Gasteiger charge is -2.45. The fraction of sp³-hybridized carbons (Fsp3) is 0.632. The van der Waals surface area contributed by atoms with Gasteiger partial charge in [-0.05, 0) is 17.9 Å². The first-order valence-corrected chi connectivity index (χ1v) is 9.01. The molecule has 2 N–H and O–H groups in total. The third-order valence-corrected chi connectivity index (χ3v) is 5.47. The van der Waals surface area contributed by atoms with Gasteiger partial charge in [-0.15, -0.1) is 0 Å². The summed E-state index contributed by atoms with van der Waals surface area (Å²) < 4.78 is 19.9. The van der Waals surface area contributed by atoms with Crippen molar-refractivity contribution in [2.45, 2.75) is 32.4 Å². The predicted octanol–water partition coefficient (Wildman–Crippen LogP) is 1.78. The summed E-state index contributed by atoms with van der Waals surface area (Å²) in [5.74, 6) is -0.368. The highest BCUT2D eigenvalue weighted by atomic mass is 19.1. The molecule has 0 bridgehead atoms. The number of halogens is 1. The number of nitrogens with zero attached hydrogens (tertiary/aromatic N) is 2. The second kappa shape index (κ2) is 7.40. The van der Waals surface area contributed by atoms with E-state index >= 15 is 0 Å². The Morgan fingerprint density at radius 1 is 1.28 bits per heavy atom. The molecule has 2 fully saturated rings. The maximum Gasteiger partial charge on any atom is 0.244 e. The zero-order chi connectivity index (χ0) is 18.0. The van der Waals surface area contributed by atoms with Gasteiger partial charge in [0.05, 0.1) is 13.2 Å². The second-order valence-corrected chi connectivity index (χ2v) is 7.72. The average Bonchev–Trinajstić information content (AvgIpc) is 2.60. The molecule has 6 heteroatoms. The van der Waals surface area contributed by atoms with Crippen molar-refractivity contribution in [2.75, 3.05) is 39.4 Å². The van der Waals surface area contributed by atoms with E-state index in [-0.39, 0.29) is 23.2 Å². The van der Waals surface area contributed by atoms with Gasteiger partial charge in [0.25, 0.3) is 0 Å². The zero-order valence-corrected chi connectivity index (χ0v) is 15.1. The molecule has 0 saturated carbocycles. The molecule has 3 rings (SSSR count). The second-order valence-electron chi connectivity index (χ2n) is 7.72. The third kappa shape index (κ3) is 3.86. The standard InChI is InChI=1S/C19H28FN3O2/c1-19(2)13-23(8-7-16(19)21)18(24)17(22-9-11-25-12-10-22)14-5-3-4-6-15(14)20/h3-6,16-17H,7-13,21H2,1-2H3. The Hall–Kier alpha value is -1.50. The number of nitrogens with two attached hydrogens (primary N) is 1. The lowest BCUT2D eigenvalue weighted by atomic mass is 9.79. The van der Waals surface area contributed by atoms with Crippen LogP contribution in [0, 0.1) is 11.2 Å². The van der Waals surface area contributed by atoms with Gasteiger partial charge in [0, 0.05) is 37.8 Å². The highest BCUT2D eigenvalue weighted by molar-refractivity contribution is 5.83. The number of hydrogen-bond donors (Lipinski definition) is 1. The van der Waals surface area contributed by atoms with Crippen LogP contribution in [0.4, 0.5) is 4.39 Å². The van der Waals surface area contributed by atoms with Crippen molar-refractivity contribution in [3.8, 4) is 0 Å². The molecular weight excluding hydrogens is 321 g/mol. The van der Waals surface area contributed by atoms with Crippen LogP contribution in [0.5, 0.6) is 0 Å². The quantitative estimate of drug-likeness (QED) is 0.904. The number of carbonyl (C=O) groups excluding carboxylic acids is 1. The van der Waals surface area contributed by atoms with E-state index in [0.717, 1.165) is 6.42 Å². The molecule has 0 aliphatic carbocycles. The number of morpholine rings is 1. The van der Waals surface area contributed by atoms with Crippen molar-refractivity contribution in [1.29, 1.82) is 0 Å². The number of piperidine rings is 1. The average molecular weight is 349 g/mol. The van der Waals surface area contributed by atoms with Gasteiger partial charge in [-0.3, -0.25) is 9.69 Å². The molecule has 2 saturated heterocycles. The Kier molecular flexibility index (Phi) is 5.41.